The summed E-state index contributed by atoms with van der Waals surface area (Å²) in [6.45, 7) is 5.12. The standard InChI is InChI=1S/C13H21NO5/c1-13(2,3)19-12(18)14-10(11(16)17)7-8-4-5-9(15)6-8/h8,10H,4-7H2,1-3H3,(H,14,18)(H,16,17)/t8?,10-/m0/s1. The summed E-state index contributed by atoms with van der Waals surface area (Å²) >= 11 is 0. The number of nitrogens with one attached hydrogen (secondary N) is 1. The summed E-state index contributed by atoms with van der Waals surface area (Å²) in [5, 5.41) is 11.4. The smallest absolute Gasteiger partial charge is 0.408 e. The summed E-state index contributed by atoms with van der Waals surface area (Å²) in [5.74, 6) is -0.917. The Bertz CT molecular complexity index is 372. The van der Waals surface area contributed by atoms with Gasteiger partial charge in [-0.1, -0.05) is 0 Å². The summed E-state index contributed by atoms with van der Waals surface area (Å²) in [6, 6.07) is -1.01. The van der Waals surface area contributed by atoms with E-state index in [4.69, 9.17) is 9.84 Å². The lowest BCUT2D eigenvalue weighted by molar-refractivity contribution is -0.140. The molecule has 1 unspecified atom stereocenters. The zero-order chi connectivity index (χ0) is 14.6. The Morgan fingerprint density at radius 1 is 1.47 bits per heavy atom. The Hall–Kier alpha value is -1.59. The predicted molar refractivity (Wildman–Crippen MR) is 67.8 cm³/mol. The minimum Gasteiger partial charge on any atom is -0.480 e. The minimum atomic E-state index is -1.11. The molecule has 0 aromatic carbocycles. The Morgan fingerprint density at radius 3 is 2.53 bits per heavy atom. The molecule has 2 atom stereocenters. The highest BCUT2D eigenvalue weighted by Crippen LogP contribution is 2.26. The normalized spacial score (nSPS) is 21.0. The fourth-order valence-electron chi connectivity index (χ4n) is 2.10. The van der Waals surface area contributed by atoms with Gasteiger partial charge in [0.15, 0.2) is 0 Å². The quantitative estimate of drug-likeness (QED) is 0.812. The molecule has 1 fully saturated rings. The van der Waals surface area contributed by atoms with E-state index < -0.39 is 23.7 Å². The number of carbonyl (C=O) groups excluding carboxylic acids is 2. The molecule has 6 heteroatoms. The van der Waals surface area contributed by atoms with Crippen LogP contribution in [0.15, 0.2) is 0 Å². The van der Waals surface area contributed by atoms with Gasteiger partial charge in [-0.25, -0.2) is 9.59 Å². The second kappa shape index (κ2) is 6.04. The Morgan fingerprint density at radius 2 is 2.11 bits per heavy atom. The first-order chi connectivity index (χ1) is 8.67. The summed E-state index contributed by atoms with van der Waals surface area (Å²) in [6.07, 6.45) is 1.12. The van der Waals surface area contributed by atoms with Crippen LogP contribution >= 0.6 is 0 Å². The second-order valence-corrected chi connectivity index (χ2v) is 5.92. The predicted octanol–water partition coefficient (Wildman–Crippen LogP) is 1.72. The number of ketones is 1. The van der Waals surface area contributed by atoms with Crippen molar-refractivity contribution in [3.63, 3.8) is 0 Å². The van der Waals surface area contributed by atoms with E-state index in [0.717, 1.165) is 0 Å². The second-order valence-electron chi connectivity index (χ2n) is 5.92. The third kappa shape index (κ3) is 5.72. The van der Waals surface area contributed by atoms with Crippen LogP contribution in [0.3, 0.4) is 0 Å². The van der Waals surface area contributed by atoms with Crippen molar-refractivity contribution >= 4 is 17.8 Å². The van der Waals surface area contributed by atoms with Crippen LogP contribution in [-0.4, -0.2) is 34.6 Å². The molecular formula is C13H21NO5. The number of carboxylic acids is 1. The van der Waals surface area contributed by atoms with Crippen LogP contribution in [0, 0.1) is 5.92 Å². The van der Waals surface area contributed by atoms with Gasteiger partial charge >= 0.3 is 12.1 Å². The molecule has 1 saturated carbocycles. The van der Waals surface area contributed by atoms with E-state index in [0.29, 0.717) is 19.3 Å². The van der Waals surface area contributed by atoms with Crippen LogP contribution in [0.25, 0.3) is 0 Å². The number of Topliss-reactive ketones (excluding diaryl/α,β-unsaturated/α-hetero) is 1. The topological polar surface area (TPSA) is 92.7 Å². The zero-order valence-electron chi connectivity index (χ0n) is 11.6. The monoisotopic (exact) mass is 271 g/mol. The first kappa shape index (κ1) is 15.5. The lowest BCUT2D eigenvalue weighted by atomic mass is 9.98. The van der Waals surface area contributed by atoms with Crippen LogP contribution in [0.5, 0.6) is 0 Å². The molecule has 0 bridgehead atoms. The molecular weight excluding hydrogens is 250 g/mol. The molecule has 0 radical (unpaired) electrons. The number of carboxylic acid groups (broad SMARTS) is 1. The molecule has 0 spiro atoms. The zero-order valence-corrected chi connectivity index (χ0v) is 11.6. The van der Waals surface area contributed by atoms with Crippen LogP contribution in [0.4, 0.5) is 4.79 Å². The van der Waals surface area contributed by atoms with E-state index in [1.165, 1.54) is 0 Å². The van der Waals surface area contributed by atoms with Gasteiger partial charge in [0.05, 0.1) is 0 Å². The largest absolute Gasteiger partial charge is 0.480 e. The molecule has 19 heavy (non-hydrogen) atoms. The molecule has 1 amide bonds. The van der Waals surface area contributed by atoms with Crippen molar-refractivity contribution in [3.8, 4) is 0 Å². The number of carbonyl (C=O) groups is 3. The van der Waals surface area contributed by atoms with Gasteiger partial charge in [0.1, 0.15) is 17.4 Å². The van der Waals surface area contributed by atoms with Crippen molar-refractivity contribution in [1.29, 1.82) is 0 Å². The molecule has 0 heterocycles. The summed E-state index contributed by atoms with van der Waals surface area (Å²) in [4.78, 5) is 33.8. The van der Waals surface area contributed by atoms with Gasteiger partial charge in [0, 0.05) is 12.8 Å². The third-order valence-corrected chi connectivity index (χ3v) is 2.91. The molecule has 0 aliphatic heterocycles. The highest BCUT2D eigenvalue weighted by molar-refractivity contribution is 5.82. The minimum absolute atomic E-state index is 0.0311. The molecule has 0 aromatic heterocycles. The SMILES string of the molecule is CC(C)(C)OC(=O)N[C@@H](CC1CCC(=O)C1)C(=O)O. The first-order valence-electron chi connectivity index (χ1n) is 6.41. The van der Waals surface area contributed by atoms with Crippen molar-refractivity contribution in [3.05, 3.63) is 0 Å². The molecule has 6 nitrogen and oxygen atoms in total. The van der Waals surface area contributed by atoms with Crippen molar-refractivity contribution < 1.29 is 24.2 Å². The number of hydrogen-bond donors (Lipinski definition) is 2. The van der Waals surface area contributed by atoms with E-state index in [-0.39, 0.29) is 18.1 Å². The molecule has 1 aliphatic carbocycles. The summed E-state index contributed by atoms with van der Waals surface area (Å²) < 4.78 is 5.02. The van der Waals surface area contributed by atoms with Gasteiger partial charge in [-0.05, 0) is 39.5 Å². The lowest BCUT2D eigenvalue weighted by Crippen LogP contribution is -2.44. The number of hydrogen-bond acceptors (Lipinski definition) is 4. The van der Waals surface area contributed by atoms with Gasteiger partial charge in [0.25, 0.3) is 0 Å². The summed E-state index contributed by atoms with van der Waals surface area (Å²) in [5.41, 5.74) is -0.670. The first-order valence-corrected chi connectivity index (χ1v) is 6.41. The number of rotatable bonds is 4. The van der Waals surface area contributed by atoms with E-state index in [1.54, 1.807) is 20.8 Å². The molecule has 0 aromatic rings. The van der Waals surface area contributed by atoms with E-state index in [9.17, 15) is 14.4 Å². The van der Waals surface area contributed by atoms with Crippen molar-refractivity contribution in [2.75, 3.05) is 0 Å². The highest BCUT2D eigenvalue weighted by Gasteiger charge is 2.30. The van der Waals surface area contributed by atoms with Crippen molar-refractivity contribution in [2.24, 2.45) is 5.92 Å². The van der Waals surface area contributed by atoms with Crippen LogP contribution in [-0.2, 0) is 14.3 Å². The number of aliphatic carboxylic acids is 1. The summed E-state index contributed by atoms with van der Waals surface area (Å²) in [7, 11) is 0. The Balaban J connectivity index is 2.51. The Labute approximate surface area is 112 Å². The number of ether oxygens (including phenoxy) is 1. The molecule has 1 aliphatic rings. The van der Waals surface area contributed by atoms with E-state index >= 15 is 0 Å². The van der Waals surface area contributed by atoms with Gasteiger partial charge in [0.2, 0.25) is 0 Å². The van der Waals surface area contributed by atoms with Crippen LogP contribution in [0.1, 0.15) is 46.5 Å². The maximum Gasteiger partial charge on any atom is 0.408 e. The van der Waals surface area contributed by atoms with E-state index in [2.05, 4.69) is 5.32 Å². The van der Waals surface area contributed by atoms with Crippen molar-refractivity contribution in [2.45, 2.75) is 58.1 Å². The highest BCUT2D eigenvalue weighted by atomic mass is 16.6. The van der Waals surface area contributed by atoms with Gasteiger partial charge < -0.3 is 15.2 Å². The average molecular weight is 271 g/mol. The fraction of sp³-hybridized carbons (Fsp3) is 0.769. The third-order valence-electron chi connectivity index (χ3n) is 2.91. The van der Waals surface area contributed by atoms with Gasteiger partial charge in [-0.15, -0.1) is 0 Å². The van der Waals surface area contributed by atoms with Crippen molar-refractivity contribution in [1.82, 2.24) is 5.32 Å². The van der Waals surface area contributed by atoms with Gasteiger partial charge in [-0.3, -0.25) is 4.79 Å². The molecule has 2 N–H and O–H groups in total. The molecule has 1 rings (SSSR count). The van der Waals surface area contributed by atoms with Crippen LogP contribution in [0.2, 0.25) is 0 Å². The maximum atomic E-state index is 11.5. The fourth-order valence-corrected chi connectivity index (χ4v) is 2.10. The number of alkyl carbamates (subject to hydrolysis) is 1. The van der Waals surface area contributed by atoms with Gasteiger partial charge in [-0.2, -0.15) is 0 Å². The van der Waals surface area contributed by atoms with E-state index in [1.807, 2.05) is 0 Å². The van der Waals surface area contributed by atoms with Crippen LogP contribution < -0.4 is 5.32 Å². The average Bonchev–Trinajstić information content (AvgIpc) is 2.60. The Kier molecular flexibility index (Phi) is 4.91. The molecule has 0 saturated heterocycles. The number of amides is 1. The lowest BCUT2D eigenvalue weighted by Gasteiger charge is -2.23. The maximum absolute atomic E-state index is 11.5. The molecule has 108 valence electrons.